The largest absolute Gasteiger partial charge is 0.459 e. The van der Waals surface area contributed by atoms with Gasteiger partial charge >= 0.3 is 6.03 Å². The van der Waals surface area contributed by atoms with Crippen LogP contribution in [0.2, 0.25) is 0 Å². The van der Waals surface area contributed by atoms with Crippen LogP contribution in [0.1, 0.15) is 16.9 Å². The smallest absolute Gasteiger partial charge is 0.319 e. The van der Waals surface area contributed by atoms with Gasteiger partial charge in [0.2, 0.25) is 0 Å². The van der Waals surface area contributed by atoms with Gasteiger partial charge in [0.05, 0.1) is 18.2 Å². The topological polar surface area (TPSA) is 78.1 Å². The van der Waals surface area contributed by atoms with Gasteiger partial charge in [0.1, 0.15) is 17.2 Å². The van der Waals surface area contributed by atoms with Crippen molar-refractivity contribution in [1.82, 2.24) is 5.32 Å². The molecule has 24 heavy (non-hydrogen) atoms. The Hall–Kier alpha value is -3.33. The summed E-state index contributed by atoms with van der Waals surface area (Å²) in [6.07, 6.45) is 0. The van der Waals surface area contributed by atoms with E-state index in [-0.39, 0.29) is 12.4 Å². The first-order chi connectivity index (χ1) is 11.6. The molecule has 0 aliphatic carbocycles. The van der Waals surface area contributed by atoms with Gasteiger partial charge in [-0.25, -0.2) is 9.18 Å². The summed E-state index contributed by atoms with van der Waals surface area (Å²) in [6.45, 7) is 1.99. The van der Waals surface area contributed by atoms with Crippen molar-refractivity contribution in [3.63, 3.8) is 0 Å². The van der Waals surface area contributed by atoms with Crippen molar-refractivity contribution in [1.29, 1.82) is 5.26 Å². The Labute approximate surface area is 137 Å². The molecule has 6 heteroatoms. The number of nitrogens with zero attached hydrogens (tertiary/aromatic N) is 1. The average Bonchev–Trinajstić information content (AvgIpc) is 2.89. The third-order valence-electron chi connectivity index (χ3n) is 3.66. The molecule has 0 spiro atoms. The van der Waals surface area contributed by atoms with Crippen LogP contribution in [-0.4, -0.2) is 6.03 Å². The Morgan fingerprint density at radius 3 is 2.92 bits per heavy atom. The monoisotopic (exact) mass is 323 g/mol. The molecule has 0 bridgehead atoms. The molecule has 5 nitrogen and oxygen atoms in total. The standard InChI is InChI=1S/C18H14FN3O2/c1-11-15-8-13(19)5-6-16(15)24-17(11)10-21-18(23)22-14-4-2-3-12(7-14)9-20/h2-8H,10H2,1H3,(H2,21,22,23). The zero-order chi connectivity index (χ0) is 17.1. The molecule has 0 saturated carbocycles. The quantitative estimate of drug-likeness (QED) is 0.762. The van der Waals surface area contributed by atoms with Crippen LogP contribution in [0.3, 0.4) is 0 Å². The highest BCUT2D eigenvalue weighted by molar-refractivity contribution is 5.89. The first-order valence-corrected chi connectivity index (χ1v) is 7.29. The van der Waals surface area contributed by atoms with Gasteiger partial charge in [-0.05, 0) is 43.3 Å². The molecular formula is C18H14FN3O2. The molecule has 0 unspecified atom stereocenters. The van der Waals surface area contributed by atoms with Crippen molar-refractivity contribution in [2.24, 2.45) is 0 Å². The van der Waals surface area contributed by atoms with Crippen molar-refractivity contribution in [3.8, 4) is 6.07 Å². The number of anilines is 1. The highest BCUT2D eigenvalue weighted by atomic mass is 19.1. The third-order valence-corrected chi connectivity index (χ3v) is 3.66. The SMILES string of the molecule is Cc1c(CNC(=O)Nc2cccc(C#N)c2)oc2ccc(F)cc12. The molecule has 3 aromatic rings. The van der Waals surface area contributed by atoms with Crippen molar-refractivity contribution in [3.05, 3.63) is 65.2 Å². The fourth-order valence-electron chi connectivity index (χ4n) is 2.41. The van der Waals surface area contributed by atoms with Gasteiger partial charge in [-0.1, -0.05) is 6.07 Å². The lowest BCUT2D eigenvalue weighted by Gasteiger charge is -2.07. The van der Waals surface area contributed by atoms with Crippen LogP contribution in [0.25, 0.3) is 11.0 Å². The van der Waals surface area contributed by atoms with Gasteiger partial charge in [0, 0.05) is 16.6 Å². The fraction of sp³-hybridized carbons (Fsp3) is 0.111. The number of hydrogen-bond donors (Lipinski definition) is 2. The maximum absolute atomic E-state index is 13.3. The number of nitrogens with one attached hydrogen (secondary N) is 2. The molecule has 0 aliphatic rings. The number of amides is 2. The van der Waals surface area contributed by atoms with E-state index in [4.69, 9.17) is 9.68 Å². The predicted molar refractivity (Wildman–Crippen MR) is 87.9 cm³/mol. The Morgan fingerprint density at radius 2 is 2.12 bits per heavy atom. The maximum Gasteiger partial charge on any atom is 0.319 e. The van der Waals surface area contributed by atoms with E-state index in [0.717, 1.165) is 5.56 Å². The highest BCUT2D eigenvalue weighted by Crippen LogP contribution is 2.25. The molecule has 120 valence electrons. The van der Waals surface area contributed by atoms with Crippen molar-refractivity contribution < 1.29 is 13.6 Å². The molecule has 2 amide bonds. The zero-order valence-corrected chi connectivity index (χ0v) is 12.9. The van der Waals surface area contributed by atoms with E-state index in [1.165, 1.54) is 12.1 Å². The second-order valence-corrected chi connectivity index (χ2v) is 5.29. The van der Waals surface area contributed by atoms with Gasteiger partial charge in [0.25, 0.3) is 0 Å². The van der Waals surface area contributed by atoms with Gasteiger partial charge in [-0.3, -0.25) is 0 Å². The summed E-state index contributed by atoms with van der Waals surface area (Å²) in [7, 11) is 0. The highest BCUT2D eigenvalue weighted by Gasteiger charge is 2.12. The summed E-state index contributed by atoms with van der Waals surface area (Å²) in [5, 5.41) is 14.9. The molecule has 2 N–H and O–H groups in total. The van der Waals surface area contributed by atoms with Gasteiger partial charge in [0.15, 0.2) is 0 Å². The molecule has 2 aromatic carbocycles. The van der Waals surface area contributed by atoms with Crippen molar-refractivity contribution in [2.75, 3.05) is 5.32 Å². The molecule has 3 rings (SSSR count). The predicted octanol–water partition coefficient (Wildman–Crippen LogP) is 4.07. The number of furan rings is 1. The third kappa shape index (κ3) is 3.20. The van der Waals surface area contributed by atoms with Crippen LogP contribution in [-0.2, 0) is 6.54 Å². The van der Waals surface area contributed by atoms with Crippen LogP contribution >= 0.6 is 0 Å². The molecule has 0 atom stereocenters. The van der Waals surface area contributed by atoms with Crippen LogP contribution in [0.15, 0.2) is 46.9 Å². The van der Waals surface area contributed by atoms with Crippen LogP contribution in [0.5, 0.6) is 0 Å². The van der Waals surface area contributed by atoms with Crippen LogP contribution in [0.4, 0.5) is 14.9 Å². The van der Waals surface area contributed by atoms with E-state index in [0.29, 0.717) is 28.0 Å². The van der Waals surface area contributed by atoms with Crippen molar-refractivity contribution >= 4 is 22.7 Å². The lowest BCUT2D eigenvalue weighted by atomic mass is 10.1. The van der Waals surface area contributed by atoms with E-state index < -0.39 is 6.03 Å². The van der Waals surface area contributed by atoms with E-state index >= 15 is 0 Å². The molecule has 1 heterocycles. The Bertz CT molecular complexity index is 957. The van der Waals surface area contributed by atoms with Gasteiger partial charge in [-0.2, -0.15) is 5.26 Å². The first-order valence-electron chi connectivity index (χ1n) is 7.29. The minimum atomic E-state index is -0.420. The molecule has 1 aromatic heterocycles. The molecule has 0 fully saturated rings. The second kappa shape index (κ2) is 6.42. The number of aryl methyl sites for hydroxylation is 1. The van der Waals surface area contributed by atoms with E-state index in [9.17, 15) is 9.18 Å². The Morgan fingerprint density at radius 1 is 1.29 bits per heavy atom. The number of nitriles is 1. The summed E-state index contributed by atoms with van der Waals surface area (Å²) < 4.78 is 18.9. The minimum absolute atomic E-state index is 0.173. The second-order valence-electron chi connectivity index (χ2n) is 5.29. The first kappa shape index (κ1) is 15.6. The van der Waals surface area contributed by atoms with Gasteiger partial charge < -0.3 is 15.1 Å². The van der Waals surface area contributed by atoms with Crippen LogP contribution < -0.4 is 10.6 Å². The van der Waals surface area contributed by atoms with E-state index in [2.05, 4.69) is 10.6 Å². The number of urea groups is 1. The number of carbonyl (C=O) groups excluding carboxylic acids is 1. The fourth-order valence-corrected chi connectivity index (χ4v) is 2.41. The average molecular weight is 323 g/mol. The summed E-state index contributed by atoms with van der Waals surface area (Å²) >= 11 is 0. The van der Waals surface area contributed by atoms with E-state index in [1.807, 2.05) is 13.0 Å². The number of halogens is 1. The van der Waals surface area contributed by atoms with Crippen molar-refractivity contribution in [2.45, 2.75) is 13.5 Å². The number of hydrogen-bond acceptors (Lipinski definition) is 3. The molecule has 0 aliphatic heterocycles. The van der Waals surface area contributed by atoms with Gasteiger partial charge in [-0.15, -0.1) is 0 Å². The number of rotatable bonds is 3. The summed E-state index contributed by atoms with van der Waals surface area (Å²) in [5.41, 5.74) is 2.35. The Balaban J connectivity index is 1.68. The number of benzene rings is 2. The number of carbonyl (C=O) groups is 1. The maximum atomic E-state index is 13.3. The summed E-state index contributed by atoms with van der Waals surface area (Å²) in [4.78, 5) is 12.0. The Kier molecular flexibility index (Phi) is 4.17. The molecular weight excluding hydrogens is 309 g/mol. The van der Waals surface area contributed by atoms with Crippen LogP contribution in [0, 0.1) is 24.1 Å². The zero-order valence-electron chi connectivity index (χ0n) is 12.9. The lowest BCUT2D eigenvalue weighted by molar-refractivity contribution is 0.251. The normalized spacial score (nSPS) is 10.4. The summed E-state index contributed by atoms with van der Waals surface area (Å²) in [5.74, 6) is 0.234. The molecule has 0 radical (unpaired) electrons. The van der Waals surface area contributed by atoms with E-state index in [1.54, 1.807) is 30.3 Å². The minimum Gasteiger partial charge on any atom is -0.459 e. The summed E-state index contributed by atoms with van der Waals surface area (Å²) in [6, 6.07) is 12.5. The lowest BCUT2D eigenvalue weighted by Crippen LogP contribution is -2.28. The molecule has 0 saturated heterocycles. The number of fused-ring (bicyclic) bond motifs is 1.